The molecule has 136 valence electrons. The quantitative estimate of drug-likeness (QED) is 0.576. The molecule has 7 heteroatoms. The number of benzene rings is 1. The van der Waals surface area contributed by atoms with E-state index in [1.807, 2.05) is 0 Å². The standard InChI is InChI=1S/C18H25N3O4/c1-11-5-6-15-14(9-11)16(21-20-15)17(22)19-7-8-25-13-4-2-3-12(10-13)18(23)24/h2-4,10-11,14-16,20-21H,5-9H2,1H3,(H,19,22)(H,23,24). The summed E-state index contributed by atoms with van der Waals surface area (Å²) in [7, 11) is 0. The minimum absolute atomic E-state index is 0.0167. The molecular weight excluding hydrogens is 322 g/mol. The van der Waals surface area contributed by atoms with E-state index in [4.69, 9.17) is 9.84 Å². The monoisotopic (exact) mass is 347 g/mol. The zero-order valence-corrected chi connectivity index (χ0v) is 14.3. The molecule has 0 bridgehead atoms. The summed E-state index contributed by atoms with van der Waals surface area (Å²) < 4.78 is 5.52. The fourth-order valence-corrected chi connectivity index (χ4v) is 3.71. The van der Waals surface area contributed by atoms with Crippen LogP contribution in [0.15, 0.2) is 24.3 Å². The Hall–Kier alpha value is -2.12. The van der Waals surface area contributed by atoms with E-state index in [2.05, 4.69) is 23.1 Å². The van der Waals surface area contributed by atoms with Gasteiger partial charge in [0.25, 0.3) is 0 Å². The van der Waals surface area contributed by atoms with E-state index in [-0.39, 0.29) is 17.5 Å². The molecule has 1 heterocycles. The third-order valence-electron chi connectivity index (χ3n) is 5.05. The molecule has 1 aliphatic heterocycles. The van der Waals surface area contributed by atoms with Crippen LogP contribution >= 0.6 is 0 Å². The second-order valence-electron chi connectivity index (χ2n) is 6.93. The summed E-state index contributed by atoms with van der Waals surface area (Å²) in [5.74, 6) is 0.461. The molecule has 1 aromatic rings. The minimum Gasteiger partial charge on any atom is -0.492 e. The Kier molecular flexibility index (Phi) is 5.55. The maximum atomic E-state index is 12.4. The molecule has 4 atom stereocenters. The van der Waals surface area contributed by atoms with Crippen LogP contribution in [0, 0.1) is 11.8 Å². The van der Waals surface area contributed by atoms with Crippen LogP contribution in [-0.4, -0.2) is 42.2 Å². The van der Waals surface area contributed by atoms with Gasteiger partial charge in [0.2, 0.25) is 5.91 Å². The molecule has 2 aliphatic rings. The molecule has 1 saturated carbocycles. The first-order valence-electron chi connectivity index (χ1n) is 8.79. The average molecular weight is 347 g/mol. The number of rotatable bonds is 6. The Morgan fingerprint density at radius 3 is 2.96 bits per heavy atom. The van der Waals surface area contributed by atoms with Gasteiger partial charge in [-0.1, -0.05) is 13.0 Å². The van der Waals surface area contributed by atoms with Crippen LogP contribution in [0.25, 0.3) is 0 Å². The van der Waals surface area contributed by atoms with E-state index in [0.29, 0.717) is 36.8 Å². The highest BCUT2D eigenvalue weighted by Crippen LogP contribution is 2.33. The Balaban J connectivity index is 1.44. The van der Waals surface area contributed by atoms with E-state index in [1.54, 1.807) is 12.1 Å². The van der Waals surface area contributed by atoms with Crippen molar-refractivity contribution < 1.29 is 19.4 Å². The number of hydrogen-bond donors (Lipinski definition) is 4. The van der Waals surface area contributed by atoms with Gasteiger partial charge in [-0.2, -0.15) is 0 Å². The summed E-state index contributed by atoms with van der Waals surface area (Å²) in [6.07, 6.45) is 3.36. The second kappa shape index (κ2) is 7.84. The molecule has 4 N–H and O–H groups in total. The van der Waals surface area contributed by atoms with Crippen molar-refractivity contribution in [2.24, 2.45) is 11.8 Å². The van der Waals surface area contributed by atoms with Gasteiger partial charge in [0, 0.05) is 12.0 Å². The predicted molar refractivity (Wildman–Crippen MR) is 92.3 cm³/mol. The first-order valence-corrected chi connectivity index (χ1v) is 8.79. The summed E-state index contributed by atoms with van der Waals surface area (Å²) >= 11 is 0. The summed E-state index contributed by atoms with van der Waals surface area (Å²) in [5.41, 5.74) is 6.56. The van der Waals surface area contributed by atoms with Crippen LogP contribution in [0.5, 0.6) is 5.75 Å². The van der Waals surface area contributed by atoms with Crippen molar-refractivity contribution in [3.8, 4) is 5.75 Å². The van der Waals surface area contributed by atoms with Crippen LogP contribution in [0.1, 0.15) is 36.5 Å². The molecule has 2 fully saturated rings. The SMILES string of the molecule is CC1CCC2NNC(C(=O)NCCOc3cccc(C(=O)O)c3)C2C1. The van der Waals surface area contributed by atoms with Gasteiger partial charge < -0.3 is 15.2 Å². The van der Waals surface area contributed by atoms with Crippen LogP contribution in [0.4, 0.5) is 0 Å². The zero-order valence-electron chi connectivity index (χ0n) is 14.3. The molecule has 25 heavy (non-hydrogen) atoms. The normalized spacial score (nSPS) is 28.2. The van der Waals surface area contributed by atoms with Crippen LogP contribution in [0.2, 0.25) is 0 Å². The summed E-state index contributed by atoms with van der Waals surface area (Å²) in [4.78, 5) is 23.3. The van der Waals surface area contributed by atoms with Crippen LogP contribution < -0.4 is 20.9 Å². The van der Waals surface area contributed by atoms with Crippen molar-refractivity contribution in [2.75, 3.05) is 13.2 Å². The highest BCUT2D eigenvalue weighted by atomic mass is 16.5. The maximum Gasteiger partial charge on any atom is 0.335 e. The first-order chi connectivity index (χ1) is 12.0. The third kappa shape index (κ3) is 4.29. The Labute approximate surface area is 147 Å². The molecule has 0 spiro atoms. The van der Waals surface area contributed by atoms with E-state index in [1.165, 1.54) is 18.6 Å². The number of carboxylic acids is 1. The van der Waals surface area contributed by atoms with Crippen molar-refractivity contribution in [3.05, 3.63) is 29.8 Å². The smallest absolute Gasteiger partial charge is 0.335 e. The van der Waals surface area contributed by atoms with E-state index in [9.17, 15) is 9.59 Å². The molecule has 4 unspecified atom stereocenters. The lowest BCUT2D eigenvalue weighted by Crippen LogP contribution is -2.47. The van der Waals surface area contributed by atoms with E-state index in [0.717, 1.165) is 12.8 Å². The number of nitrogens with one attached hydrogen (secondary N) is 3. The van der Waals surface area contributed by atoms with E-state index >= 15 is 0 Å². The van der Waals surface area contributed by atoms with Gasteiger partial charge in [-0.3, -0.25) is 10.2 Å². The van der Waals surface area contributed by atoms with Crippen molar-refractivity contribution in [3.63, 3.8) is 0 Å². The zero-order chi connectivity index (χ0) is 17.8. The van der Waals surface area contributed by atoms with Crippen molar-refractivity contribution in [1.29, 1.82) is 0 Å². The highest BCUT2D eigenvalue weighted by molar-refractivity contribution is 5.88. The average Bonchev–Trinajstić information content (AvgIpc) is 3.02. The van der Waals surface area contributed by atoms with Gasteiger partial charge in [0.15, 0.2) is 0 Å². The van der Waals surface area contributed by atoms with Crippen molar-refractivity contribution >= 4 is 11.9 Å². The Morgan fingerprint density at radius 1 is 1.32 bits per heavy atom. The van der Waals surface area contributed by atoms with E-state index < -0.39 is 5.97 Å². The fourth-order valence-electron chi connectivity index (χ4n) is 3.71. The number of hydrogen-bond acceptors (Lipinski definition) is 5. The lowest BCUT2D eigenvalue weighted by atomic mass is 9.76. The summed E-state index contributed by atoms with van der Waals surface area (Å²) in [5, 5.41) is 11.9. The molecule has 0 aromatic heterocycles. The molecule has 3 rings (SSSR count). The molecule has 1 saturated heterocycles. The van der Waals surface area contributed by atoms with Gasteiger partial charge in [-0.05, 0) is 43.4 Å². The maximum absolute atomic E-state index is 12.4. The van der Waals surface area contributed by atoms with Gasteiger partial charge >= 0.3 is 5.97 Å². The number of aromatic carboxylic acids is 1. The number of hydrazine groups is 1. The van der Waals surface area contributed by atoms with Gasteiger partial charge in [0.1, 0.15) is 18.4 Å². The molecule has 1 aromatic carbocycles. The van der Waals surface area contributed by atoms with Gasteiger partial charge in [-0.15, -0.1) is 0 Å². The Bertz CT molecular complexity index is 637. The molecular formula is C18H25N3O4. The molecule has 1 amide bonds. The third-order valence-corrected chi connectivity index (χ3v) is 5.05. The number of fused-ring (bicyclic) bond motifs is 1. The number of amides is 1. The Morgan fingerprint density at radius 2 is 2.16 bits per heavy atom. The van der Waals surface area contributed by atoms with Crippen LogP contribution in [-0.2, 0) is 4.79 Å². The second-order valence-corrected chi connectivity index (χ2v) is 6.93. The first kappa shape index (κ1) is 17.7. The molecule has 1 aliphatic carbocycles. The number of carboxylic acid groups (broad SMARTS) is 1. The van der Waals surface area contributed by atoms with Crippen molar-refractivity contribution in [2.45, 2.75) is 38.3 Å². The van der Waals surface area contributed by atoms with Crippen LogP contribution in [0.3, 0.4) is 0 Å². The lowest BCUT2D eigenvalue weighted by Gasteiger charge is -2.30. The number of ether oxygens (including phenoxy) is 1. The fraction of sp³-hybridized carbons (Fsp3) is 0.556. The largest absolute Gasteiger partial charge is 0.492 e. The van der Waals surface area contributed by atoms with Gasteiger partial charge in [0.05, 0.1) is 12.1 Å². The highest BCUT2D eigenvalue weighted by Gasteiger charge is 2.42. The van der Waals surface area contributed by atoms with Crippen molar-refractivity contribution in [1.82, 2.24) is 16.2 Å². The van der Waals surface area contributed by atoms with Gasteiger partial charge in [-0.25, -0.2) is 10.2 Å². The predicted octanol–water partition coefficient (Wildman–Crippen LogP) is 1.16. The molecule has 0 radical (unpaired) electrons. The number of carbonyl (C=O) groups is 2. The summed E-state index contributed by atoms with van der Waals surface area (Å²) in [6.45, 7) is 2.91. The minimum atomic E-state index is -0.991. The summed E-state index contributed by atoms with van der Waals surface area (Å²) in [6, 6.07) is 6.49. The molecule has 7 nitrogen and oxygen atoms in total. The topological polar surface area (TPSA) is 99.7 Å². The number of carbonyl (C=O) groups excluding carboxylic acids is 1. The lowest BCUT2D eigenvalue weighted by molar-refractivity contribution is -0.124.